The fourth-order valence-corrected chi connectivity index (χ4v) is 3.39. The number of carboxylic acids is 1. The maximum absolute atomic E-state index is 13.1. The molecule has 6 heteroatoms. The number of carbonyl (C=O) groups is 1. The predicted molar refractivity (Wildman–Crippen MR) is 103 cm³/mol. The summed E-state index contributed by atoms with van der Waals surface area (Å²) >= 11 is 0. The molecule has 0 aliphatic rings. The van der Waals surface area contributed by atoms with Crippen LogP contribution in [0.3, 0.4) is 0 Å². The van der Waals surface area contributed by atoms with Gasteiger partial charge in [0.15, 0.2) is 0 Å². The molecule has 0 atom stereocenters. The van der Waals surface area contributed by atoms with Gasteiger partial charge in [0.2, 0.25) is 0 Å². The van der Waals surface area contributed by atoms with Crippen molar-refractivity contribution in [1.29, 1.82) is 0 Å². The molecule has 0 aliphatic carbocycles. The first-order valence-electron chi connectivity index (χ1n) is 8.98. The van der Waals surface area contributed by atoms with Gasteiger partial charge in [-0.25, -0.2) is 13.6 Å². The van der Waals surface area contributed by atoms with E-state index in [-0.39, 0.29) is 17.2 Å². The minimum absolute atomic E-state index is 0.284. The maximum atomic E-state index is 13.1. The van der Waals surface area contributed by atoms with Crippen molar-refractivity contribution in [2.45, 2.75) is 33.5 Å². The highest BCUT2D eigenvalue weighted by Crippen LogP contribution is 2.24. The van der Waals surface area contributed by atoms with E-state index in [4.69, 9.17) is 0 Å². The van der Waals surface area contributed by atoms with E-state index in [1.807, 2.05) is 11.5 Å². The summed E-state index contributed by atoms with van der Waals surface area (Å²) in [5.41, 5.74) is 4.32. The van der Waals surface area contributed by atoms with Gasteiger partial charge in [0.1, 0.15) is 11.6 Å². The number of halogens is 2. The molecule has 0 saturated carbocycles. The van der Waals surface area contributed by atoms with E-state index in [2.05, 4.69) is 5.32 Å². The van der Waals surface area contributed by atoms with Crippen LogP contribution in [0.15, 0.2) is 48.5 Å². The van der Waals surface area contributed by atoms with Crippen molar-refractivity contribution in [3.05, 3.63) is 93.8 Å². The van der Waals surface area contributed by atoms with E-state index >= 15 is 0 Å². The molecular weight excluding hydrogens is 362 g/mol. The lowest BCUT2D eigenvalue weighted by Gasteiger charge is -2.10. The molecule has 0 spiro atoms. The molecule has 28 heavy (non-hydrogen) atoms. The smallest absolute Gasteiger partial charge is 0.337 e. The summed E-state index contributed by atoms with van der Waals surface area (Å²) in [6, 6.07) is 12.4. The van der Waals surface area contributed by atoms with Crippen molar-refractivity contribution in [2.75, 3.05) is 0 Å². The third-order valence-electron chi connectivity index (χ3n) is 4.92. The summed E-state index contributed by atoms with van der Waals surface area (Å²) in [6.45, 7) is 5.01. The summed E-state index contributed by atoms with van der Waals surface area (Å²) < 4.78 is 28.1. The number of benzene rings is 2. The number of aromatic nitrogens is 1. The summed E-state index contributed by atoms with van der Waals surface area (Å²) in [4.78, 5) is 11.8. The molecule has 3 aromatic rings. The van der Waals surface area contributed by atoms with Gasteiger partial charge in [-0.15, -0.1) is 0 Å². The lowest BCUT2D eigenvalue weighted by atomic mass is 10.1. The monoisotopic (exact) mass is 384 g/mol. The van der Waals surface area contributed by atoms with Crippen LogP contribution in [0.4, 0.5) is 8.78 Å². The number of rotatable bonds is 7. The number of hydrogen-bond donors (Lipinski definition) is 2. The normalized spacial score (nSPS) is 11.0. The molecule has 1 aromatic heterocycles. The summed E-state index contributed by atoms with van der Waals surface area (Å²) in [5.74, 6) is -1.57. The average molecular weight is 384 g/mol. The van der Waals surface area contributed by atoms with Crippen LogP contribution in [-0.4, -0.2) is 15.6 Å². The second kappa shape index (κ2) is 8.35. The number of hydrogen-bond acceptors (Lipinski definition) is 2. The number of nitrogens with zero attached hydrogens (tertiary/aromatic N) is 1. The number of aromatic carboxylic acids is 1. The molecule has 0 radical (unpaired) electrons. The predicted octanol–water partition coefficient (Wildman–Crippen LogP) is 4.42. The van der Waals surface area contributed by atoms with Gasteiger partial charge in [-0.2, -0.15) is 0 Å². The Bertz CT molecular complexity index is 977. The molecule has 0 saturated heterocycles. The molecule has 0 aliphatic heterocycles. The second-order valence-corrected chi connectivity index (χ2v) is 6.77. The summed E-state index contributed by atoms with van der Waals surface area (Å²) in [6.07, 6.45) is 0. The minimum Gasteiger partial charge on any atom is -0.478 e. The van der Waals surface area contributed by atoms with E-state index < -0.39 is 5.97 Å². The van der Waals surface area contributed by atoms with Gasteiger partial charge in [0, 0.05) is 36.6 Å². The Hall–Kier alpha value is -2.99. The van der Waals surface area contributed by atoms with E-state index in [9.17, 15) is 18.7 Å². The second-order valence-electron chi connectivity index (χ2n) is 6.77. The van der Waals surface area contributed by atoms with Crippen LogP contribution in [0.2, 0.25) is 0 Å². The quantitative estimate of drug-likeness (QED) is 0.634. The van der Waals surface area contributed by atoms with Crippen LogP contribution in [0.25, 0.3) is 0 Å². The van der Waals surface area contributed by atoms with E-state index in [0.29, 0.717) is 30.9 Å². The Labute approximate surface area is 162 Å². The standard InChI is InChI=1S/C22H22F2N2O2/c1-14-20(12-25-11-16-3-7-18(23)8-4-16)21(22(27)28)15(2)26(14)13-17-5-9-19(24)10-6-17/h3-10,25H,11-13H2,1-2H3,(H,27,28). The molecular formula is C22H22F2N2O2. The molecule has 0 unspecified atom stereocenters. The molecule has 4 nitrogen and oxygen atoms in total. The molecule has 2 N–H and O–H groups in total. The largest absolute Gasteiger partial charge is 0.478 e. The van der Waals surface area contributed by atoms with Gasteiger partial charge < -0.3 is 15.0 Å². The van der Waals surface area contributed by atoms with E-state index in [0.717, 1.165) is 16.8 Å². The highest BCUT2D eigenvalue weighted by Gasteiger charge is 2.22. The molecule has 2 aromatic carbocycles. The highest BCUT2D eigenvalue weighted by atomic mass is 19.1. The summed E-state index contributed by atoms with van der Waals surface area (Å²) in [5, 5.41) is 12.9. The van der Waals surface area contributed by atoms with Crippen molar-refractivity contribution < 1.29 is 18.7 Å². The highest BCUT2D eigenvalue weighted by molar-refractivity contribution is 5.91. The Morgan fingerprint density at radius 3 is 1.96 bits per heavy atom. The molecule has 1 heterocycles. The first-order chi connectivity index (χ1) is 13.4. The van der Waals surface area contributed by atoms with Crippen LogP contribution >= 0.6 is 0 Å². The van der Waals surface area contributed by atoms with Gasteiger partial charge in [0.25, 0.3) is 0 Å². The van der Waals surface area contributed by atoms with Crippen molar-refractivity contribution in [1.82, 2.24) is 9.88 Å². The molecule has 3 rings (SSSR count). The van der Waals surface area contributed by atoms with Crippen LogP contribution in [-0.2, 0) is 19.6 Å². The fraction of sp³-hybridized carbons (Fsp3) is 0.227. The average Bonchev–Trinajstić information content (AvgIpc) is 2.89. The number of nitrogens with one attached hydrogen (secondary N) is 1. The van der Waals surface area contributed by atoms with Crippen LogP contribution < -0.4 is 5.32 Å². The van der Waals surface area contributed by atoms with Crippen molar-refractivity contribution in [2.24, 2.45) is 0 Å². The third kappa shape index (κ3) is 4.28. The Balaban J connectivity index is 1.82. The van der Waals surface area contributed by atoms with Crippen molar-refractivity contribution >= 4 is 5.97 Å². The lowest BCUT2D eigenvalue weighted by Crippen LogP contribution is -2.15. The molecule has 0 amide bonds. The lowest BCUT2D eigenvalue weighted by molar-refractivity contribution is 0.0694. The SMILES string of the molecule is Cc1c(CNCc2ccc(F)cc2)c(C(=O)O)c(C)n1Cc1ccc(F)cc1. The third-order valence-corrected chi connectivity index (χ3v) is 4.92. The zero-order valence-corrected chi connectivity index (χ0v) is 15.8. The first-order valence-corrected chi connectivity index (χ1v) is 8.98. The zero-order valence-electron chi connectivity index (χ0n) is 15.8. The van der Waals surface area contributed by atoms with Gasteiger partial charge in [-0.05, 0) is 49.2 Å². The maximum Gasteiger partial charge on any atom is 0.337 e. The van der Waals surface area contributed by atoms with Gasteiger partial charge in [-0.1, -0.05) is 24.3 Å². The fourth-order valence-electron chi connectivity index (χ4n) is 3.39. The van der Waals surface area contributed by atoms with Gasteiger partial charge in [0.05, 0.1) is 5.56 Å². The molecule has 146 valence electrons. The number of carboxylic acid groups (broad SMARTS) is 1. The van der Waals surface area contributed by atoms with E-state index in [1.165, 1.54) is 24.3 Å². The molecule has 0 fully saturated rings. The molecule has 0 bridgehead atoms. The van der Waals surface area contributed by atoms with Crippen molar-refractivity contribution in [3.8, 4) is 0 Å². The van der Waals surface area contributed by atoms with Crippen molar-refractivity contribution in [3.63, 3.8) is 0 Å². The zero-order chi connectivity index (χ0) is 20.3. The first kappa shape index (κ1) is 19.8. The Kier molecular flexibility index (Phi) is 5.90. The Morgan fingerprint density at radius 2 is 1.43 bits per heavy atom. The van der Waals surface area contributed by atoms with E-state index in [1.54, 1.807) is 31.2 Å². The Morgan fingerprint density at radius 1 is 0.893 bits per heavy atom. The van der Waals surface area contributed by atoms with Crippen LogP contribution in [0.1, 0.15) is 38.4 Å². The topological polar surface area (TPSA) is 54.3 Å². The van der Waals surface area contributed by atoms with Crippen LogP contribution in [0.5, 0.6) is 0 Å². The minimum atomic E-state index is -0.975. The van der Waals surface area contributed by atoms with Gasteiger partial charge >= 0.3 is 5.97 Å². The summed E-state index contributed by atoms with van der Waals surface area (Å²) in [7, 11) is 0. The van der Waals surface area contributed by atoms with Gasteiger partial charge in [-0.3, -0.25) is 0 Å². The van der Waals surface area contributed by atoms with Crippen LogP contribution in [0, 0.1) is 25.5 Å².